The van der Waals surface area contributed by atoms with Crippen molar-refractivity contribution in [3.8, 4) is 11.3 Å². The summed E-state index contributed by atoms with van der Waals surface area (Å²) in [5, 5.41) is 3.86. The molecule has 4 heteroatoms. The van der Waals surface area contributed by atoms with E-state index >= 15 is 0 Å². The van der Waals surface area contributed by atoms with Crippen molar-refractivity contribution in [3.63, 3.8) is 0 Å². The zero-order chi connectivity index (χ0) is 11.7. The molecule has 84 valence electrons. The monoisotopic (exact) mass is 220 g/mol. The Morgan fingerprint density at radius 2 is 2.12 bits per heavy atom. The number of aromatic nitrogens is 1. The molecule has 0 spiro atoms. The molecule has 1 atom stereocenters. The Kier molecular flexibility index (Phi) is 2.75. The van der Waals surface area contributed by atoms with Gasteiger partial charge < -0.3 is 10.3 Å². The first-order chi connectivity index (χ1) is 7.58. The lowest BCUT2D eigenvalue weighted by Crippen LogP contribution is -2.02. The molecule has 0 amide bonds. The molecule has 1 aromatic carbocycles. The third kappa shape index (κ3) is 1.97. The highest BCUT2D eigenvalue weighted by atomic mass is 19.1. The van der Waals surface area contributed by atoms with E-state index in [1.54, 1.807) is 32.0 Å². The zero-order valence-electron chi connectivity index (χ0n) is 9.20. The minimum Gasteiger partial charge on any atom is -0.359 e. The van der Waals surface area contributed by atoms with Crippen LogP contribution in [0.2, 0.25) is 0 Å². The first kappa shape index (κ1) is 10.8. The van der Waals surface area contributed by atoms with Crippen molar-refractivity contribution in [2.45, 2.75) is 19.9 Å². The van der Waals surface area contributed by atoms with Gasteiger partial charge in [-0.15, -0.1) is 0 Å². The molecule has 0 fully saturated rings. The Bertz CT molecular complexity index is 505. The molecule has 0 saturated heterocycles. The topological polar surface area (TPSA) is 52.0 Å². The van der Waals surface area contributed by atoms with E-state index in [-0.39, 0.29) is 11.9 Å². The fourth-order valence-electron chi connectivity index (χ4n) is 1.39. The normalized spacial score (nSPS) is 12.8. The first-order valence-corrected chi connectivity index (χ1v) is 5.06. The maximum Gasteiger partial charge on any atom is 0.153 e. The number of benzene rings is 1. The molecule has 0 bridgehead atoms. The van der Waals surface area contributed by atoms with Gasteiger partial charge in [0.15, 0.2) is 5.76 Å². The molecule has 0 aliphatic carbocycles. The van der Waals surface area contributed by atoms with E-state index in [9.17, 15) is 4.39 Å². The van der Waals surface area contributed by atoms with Gasteiger partial charge in [0.2, 0.25) is 0 Å². The van der Waals surface area contributed by atoms with Crippen molar-refractivity contribution in [1.29, 1.82) is 0 Å². The summed E-state index contributed by atoms with van der Waals surface area (Å²) < 4.78 is 18.4. The zero-order valence-corrected chi connectivity index (χ0v) is 9.20. The summed E-state index contributed by atoms with van der Waals surface area (Å²) in [4.78, 5) is 0. The Hall–Kier alpha value is -1.68. The van der Waals surface area contributed by atoms with E-state index in [2.05, 4.69) is 5.16 Å². The highest BCUT2D eigenvalue weighted by Crippen LogP contribution is 2.23. The molecule has 2 N–H and O–H groups in total. The van der Waals surface area contributed by atoms with E-state index in [0.29, 0.717) is 22.6 Å². The van der Waals surface area contributed by atoms with E-state index in [0.717, 1.165) is 0 Å². The van der Waals surface area contributed by atoms with Crippen LogP contribution in [0.5, 0.6) is 0 Å². The maximum absolute atomic E-state index is 13.3. The summed E-state index contributed by atoms with van der Waals surface area (Å²) in [6.45, 7) is 3.52. The van der Waals surface area contributed by atoms with Crippen LogP contribution < -0.4 is 5.73 Å². The summed E-state index contributed by atoms with van der Waals surface area (Å²) in [5.74, 6) is 0.346. The molecule has 3 nitrogen and oxygen atoms in total. The van der Waals surface area contributed by atoms with Gasteiger partial charge in [0.05, 0.1) is 6.04 Å². The SMILES string of the molecule is Cc1ccc(-c2cc(C(C)N)on2)cc1F. The smallest absolute Gasteiger partial charge is 0.153 e. The molecule has 0 radical (unpaired) electrons. The Labute approximate surface area is 93.1 Å². The molecule has 16 heavy (non-hydrogen) atoms. The van der Waals surface area contributed by atoms with Crippen LogP contribution in [0.4, 0.5) is 4.39 Å². The fourth-order valence-corrected chi connectivity index (χ4v) is 1.39. The van der Waals surface area contributed by atoms with Gasteiger partial charge in [0, 0.05) is 11.6 Å². The summed E-state index contributed by atoms with van der Waals surface area (Å²) in [7, 11) is 0. The Balaban J connectivity index is 2.39. The van der Waals surface area contributed by atoms with Gasteiger partial charge in [-0.1, -0.05) is 17.3 Å². The van der Waals surface area contributed by atoms with Crippen LogP contribution in [-0.2, 0) is 0 Å². The molecule has 2 aromatic rings. The molecule has 0 aliphatic rings. The van der Waals surface area contributed by atoms with E-state index < -0.39 is 0 Å². The Morgan fingerprint density at radius 3 is 2.69 bits per heavy atom. The second-order valence-corrected chi connectivity index (χ2v) is 3.87. The second-order valence-electron chi connectivity index (χ2n) is 3.87. The fraction of sp³-hybridized carbons (Fsp3) is 0.250. The number of rotatable bonds is 2. The number of aryl methyl sites for hydroxylation is 1. The highest BCUT2D eigenvalue weighted by molar-refractivity contribution is 5.59. The standard InChI is InChI=1S/C12H13FN2O/c1-7-3-4-9(5-10(7)13)11-6-12(8(2)14)16-15-11/h3-6,8H,14H2,1-2H3. The molecule has 2 rings (SSSR count). The van der Waals surface area contributed by atoms with Crippen molar-refractivity contribution in [1.82, 2.24) is 5.16 Å². The molecule has 1 heterocycles. The lowest BCUT2D eigenvalue weighted by Gasteiger charge is -1.98. The molecule has 0 aliphatic heterocycles. The largest absolute Gasteiger partial charge is 0.359 e. The van der Waals surface area contributed by atoms with E-state index in [4.69, 9.17) is 10.3 Å². The van der Waals surface area contributed by atoms with Gasteiger partial charge in [0.1, 0.15) is 11.5 Å². The van der Waals surface area contributed by atoms with Gasteiger partial charge in [-0.05, 0) is 25.5 Å². The van der Waals surface area contributed by atoms with Crippen LogP contribution in [0.25, 0.3) is 11.3 Å². The third-order valence-electron chi connectivity index (χ3n) is 2.44. The number of hydrogen-bond donors (Lipinski definition) is 1. The van der Waals surface area contributed by atoms with Crippen molar-refractivity contribution in [3.05, 3.63) is 41.4 Å². The maximum atomic E-state index is 13.3. The van der Waals surface area contributed by atoms with Crippen LogP contribution in [0.15, 0.2) is 28.8 Å². The predicted molar refractivity (Wildman–Crippen MR) is 59.2 cm³/mol. The quantitative estimate of drug-likeness (QED) is 0.846. The minimum atomic E-state index is -0.247. The highest BCUT2D eigenvalue weighted by Gasteiger charge is 2.10. The summed E-state index contributed by atoms with van der Waals surface area (Å²) in [5.41, 5.74) is 7.56. The number of hydrogen-bond acceptors (Lipinski definition) is 3. The van der Waals surface area contributed by atoms with E-state index in [1.165, 1.54) is 6.07 Å². The summed E-state index contributed by atoms with van der Waals surface area (Å²) >= 11 is 0. The van der Waals surface area contributed by atoms with Crippen molar-refractivity contribution < 1.29 is 8.91 Å². The average Bonchev–Trinajstić information content (AvgIpc) is 2.71. The average molecular weight is 220 g/mol. The summed E-state index contributed by atoms with van der Waals surface area (Å²) in [6.07, 6.45) is 0. The van der Waals surface area contributed by atoms with Crippen LogP contribution in [0, 0.1) is 12.7 Å². The molecule has 1 unspecified atom stereocenters. The first-order valence-electron chi connectivity index (χ1n) is 5.06. The molecule has 0 saturated carbocycles. The third-order valence-corrected chi connectivity index (χ3v) is 2.44. The van der Waals surface area contributed by atoms with Crippen molar-refractivity contribution in [2.75, 3.05) is 0 Å². The minimum absolute atomic E-state index is 0.212. The van der Waals surface area contributed by atoms with Gasteiger partial charge >= 0.3 is 0 Å². The lowest BCUT2D eigenvalue weighted by molar-refractivity contribution is 0.369. The predicted octanol–water partition coefficient (Wildman–Crippen LogP) is 2.81. The number of nitrogens with two attached hydrogens (primary N) is 1. The van der Waals surface area contributed by atoms with Crippen LogP contribution in [0.1, 0.15) is 24.3 Å². The molecule has 1 aromatic heterocycles. The van der Waals surface area contributed by atoms with Crippen molar-refractivity contribution >= 4 is 0 Å². The van der Waals surface area contributed by atoms with Crippen LogP contribution in [-0.4, -0.2) is 5.16 Å². The van der Waals surface area contributed by atoms with Gasteiger partial charge in [-0.3, -0.25) is 0 Å². The number of halogens is 1. The molecular formula is C12H13FN2O. The number of nitrogens with zero attached hydrogens (tertiary/aromatic N) is 1. The van der Waals surface area contributed by atoms with Crippen LogP contribution >= 0.6 is 0 Å². The van der Waals surface area contributed by atoms with E-state index in [1.807, 2.05) is 0 Å². The second kappa shape index (κ2) is 4.06. The van der Waals surface area contributed by atoms with Gasteiger partial charge in [-0.25, -0.2) is 4.39 Å². The molecular weight excluding hydrogens is 207 g/mol. The van der Waals surface area contributed by atoms with Gasteiger partial charge in [0.25, 0.3) is 0 Å². The van der Waals surface area contributed by atoms with Crippen LogP contribution in [0.3, 0.4) is 0 Å². The van der Waals surface area contributed by atoms with Gasteiger partial charge in [-0.2, -0.15) is 0 Å². The Morgan fingerprint density at radius 1 is 1.38 bits per heavy atom. The lowest BCUT2D eigenvalue weighted by atomic mass is 10.1. The van der Waals surface area contributed by atoms with Crippen molar-refractivity contribution in [2.24, 2.45) is 5.73 Å². The summed E-state index contributed by atoms with van der Waals surface area (Å²) in [6, 6.07) is 6.48.